The van der Waals surface area contributed by atoms with Gasteiger partial charge >= 0.3 is 0 Å². The third-order valence-electron chi connectivity index (χ3n) is 3.00. The monoisotopic (exact) mass is 271 g/mol. The highest BCUT2D eigenvalue weighted by Crippen LogP contribution is 2.21. The summed E-state index contributed by atoms with van der Waals surface area (Å²) in [5, 5.41) is 3.03. The molecule has 3 heteroatoms. The van der Waals surface area contributed by atoms with Gasteiger partial charge in [0.15, 0.2) is 0 Å². The Morgan fingerprint density at radius 1 is 1.05 bits per heavy atom. The van der Waals surface area contributed by atoms with Crippen molar-refractivity contribution in [3.8, 4) is 0 Å². The standard InChI is InChI=1S/C16H17NOS/c1-12(13-8-4-3-5-9-13)17-16(18)14-10-6-7-11-15(14)19-2/h3-12H,1-2H3,(H,17,18)/t12-/m1/s1. The Balaban J connectivity index is 2.13. The van der Waals surface area contributed by atoms with Gasteiger partial charge in [0.05, 0.1) is 11.6 Å². The third kappa shape index (κ3) is 3.38. The Kier molecular flexibility index (Phi) is 4.63. The van der Waals surface area contributed by atoms with Crippen molar-refractivity contribution >= 4 is 17.7 Å². The van der Waals surface area contributed by atoms with Crippen LogP contribution in [0.1, 0.15) is 28.9 Å². The summed E-state index contributed by atoms with van der Waals surface area (Å²) in [5.74, 6) is -0.0266. The van der Waals surface area contributed by atoms with E-state index in [0.29, 0.717) is 0 Å². The lowest BCUT2D eigenvalue weighted by molar-refractivity contribution is 0.0937. The molecule has 0 spiro atoms. The fourth-order valence-corrected chi connectivity index (χ4v) is 2.53. The molecule has 1 N–H and O–H groups in total. The molecular formula is C16H17NOS. The van der Waals surface area contributed by atoms with Gasteiger partial charge in [-0.25, -0.2) is 0 Å². The minimum absolute atomic E-state index is 0.00334. The summed E-state index contributed by atoms with van der Waals surface area (Å²) in [4.78, 5) is 13.3. The smallest absolute Gasteiger partial charge is 0.252 e. The molecule has 0 radical (unpaired) electrons. The summed E-state index contributed by atoms with van der Waals surface area (Å²) in [6.07, 6.45) is 1.98. The molecule has 0 unspecified atom stereocenters. The van der Waals surface area contributed by atoms with E-state index in [0.717, 1.165) is 16.0 Å². The van der Waals surface area contributed by atoms with E-state index >= 15 is 0 Å². The fraction of sp³-hybridized carbons (Fsp3) is 0.188. The zero-order chi connectivity index (χ0) is 13.7. The van der Waals surface area contributed by atoms with Crippen LogP contribution in [0.2, 0.25) is 0 Å². The molecule has 1 amide bonds. The molecule has 0 aliphatic carbocycles. The number of amides is 1. The van der Waals surface area contributed by atoms with Crippen molar-refractivity contribution in [2.24, 2.45) is 0 Å². The van der Waals surface area contributed by atoms with Crippen molar-refractivity contribution < 1.29 is 4.79 Å². The summed E-state index contributed by atoms with van der Waals surface area (Å²) >= 11 is 1.59. The number of carbonyl (C=O) groups excluding carboxylic acids is 1. The molecule has 2 rings (SSSR count). The molecule has 0 saturated carbocycles. The van der Waals surface area contributed by atoms with Crippen molar-refractivity contribution in [1.29, 1.82) is 0 Å². The van der Waals surface area contributed by atoms with Crippen LogP contribution < -0.4 is 5.32 Å². The lowest BCUT2D eigenvalue weighted by Crippen LogP contribution is -2.27. The zero-order valence-electron chi connectivity index (χ0n) is 11.1. The van der Waals surface area contributed by atoms with Crippen molar-refractivity contribution in [2.45, 2.75) is 17.9 Å². The molecule has 0 aromatic heterocycles. The van der Waals surface area contributed by atoms with Crippen molar-refractivity contribution in [1.82, 2.24) is 5.32 Å². The Hall–Kier alpha value is -1.74. The van der Waals surface area contributed by atoms with Crippen LogP contribution in [-0.2, 0) is 0 Å². The van der Waals surface area contributed by atoms with Crippen molar-refractivity contribution in [3.63, 3.8) is 0 Å². The van der Waals surface area contributed by atoms with E-state index in [1.54, 1.807) is 11.8 Å². The molecule has 98 valence electrons. The first kappa shape index (κ1) is 13.7. The highest BCUT2D eigenvalue weighted by atomic mass is 32.2. The Bertz CT molecular complexity index is 554. The molecular weight excluding hydrogens is 254 g/mol. The Morgan fingerprint density at radius 2 is 1.68 bits per heavy atom. The minimum Gasteiger partial charge on any atom is -0.345 e. The SMILES string of the molecule is CSc1ccccc1C(=O)N[C@H](C)c1ccccc1. The van der Waals surface area contributed by atoms with E-state index in [2.05, 4.69) is 5.32 Å². The summed E-state index contributed by atoms with van der Waals surface area (Å²) in [7, 11) is 0. The van der Waals surface area contributed by atoms with E-state index in [1.165, 1.54) is 0 Å². The van der Waals surface area contributed by atoms with Crippen LogP contribution >= 0.6 is 11.8 Å². The number of carbonyl (C=O) groups is 1. The van der Waals surface area contributed by atoms with Crippen LogP contribution in [0.25, 0.3) is 0 Å². The predicted octanol–water partition coefficient (Wildman–Crippen LogP) is 3.90. The molecule has 2 aromatic carbocycles. The number of thioether (sulfide) groups is 1. The second-order valence-corrected chi connectivity index (χ2v) is 5.15. The third-order valence-corrected chi connectivity index (χ3v) is 3.79. The first-order valence-corrected chi connectivity index (χ1v) is 7.43. The largest absolute Gasteiger partial charge is 0.345 e. The van der Waals surface area contributed by atoms with E-state index in [1.807, 2.05) is 67.8 Å². The van der Waals surface area contributed by atoms with Crippen LogP contribution in [-0.4, -0.2) is 12.2 Å². The van der Waals surface area contributed by atoms with Gasteiger partial charge in [-0.15, -0.1) is 11.8 Å². The molecule has 1 atom stereocenters. The second-order valence-electron chi connectivity index (χ2n) is 4.31. The van der Waals surface area contributed by atoms with E-state index in [-0.39, 0.29) is 11.9 Å². The highest BCUT2D eigenvalue weighted by Gasteiger charge is 2.13. The van der Waals surface area contributed by atoms with Gasteiger partial charge in [-0.3, -0.25) is 4.79 Å². The predicted molar refractivity (Wildman–Crippen MR) is 80.5 cm³/mol. The number of hydrogen-bond acceptors (Lipinski definition) is 2. The first-order valence-electron chi connectivity index (χ1n) is 6.21. The van der Waals surface area contributed by atoms with Crippen molar-refractivity contribution in [2.75, 3.05) is 6.26 Å². The van der Waals surface area contributed by atoms with Gasteiger partial charge in [-0.1, -0.05) is 42.5 Å². The van der Waals surface area contributed by atoms with Gasteiger partial charge in [0, 0.05) is 4.90 Å². The van der Waals surface area contributed by atoms with Gasteiger partial charge in [-0.2, -0.15) is 0 Å². The summed E-state index contributed by atoms with van der Waals surface area (Å²) < 4.78 is 0. The minimum atomic E-state index is -0.0266. The average molecular weight is 271 g/mol. The van der Waals surface area contributed by atoms with Crippen LogP contribution in [0.4, 0.5) is 0 Å². The van der Waals surface area contributed by atoms with Crippen LogP contribution in [0, 0.1) is 0 Å². The maximum atomic E-state index is 12.3. The second kappa shape index (κ2) is 6.43. The summed E-state index contributed by atoms with van der Waals surface area (Å²) in [5.41, 5.74) is 1.84. The normalized spacial score (nSPS) is 11.9. The van der Waals surface area contributed by atoms with Gasteiger partial charge in [0.25, 0.3) is 5.91 Å². The molecule has 19 heavy (non-hydrogen) atoms. The molecule has 2 nitrogen and oxygen atoms in total. The maximum absolute atomic E-state index is 12.3. The quantitative estimate of drug-likeness (QED) is 0.854. The Labute approximate surface area is 118 Å². The highest BCUT2D eigenvalue weighted by molar-refractivity contribution is 7.98. The van der Waals surface area contributed by atoms with E-state index in [4.69, 9.17) is 0 Å². The molecule has 0 fully saturated rings. The van der Waals surface area contributed by atoms with Crippen LogP contribution in [0.15, 0.2) is 59.5 Å². The van der Waals surface area contributed by atoms with Crippen LogP contribution in [0.3, 0.4) is 0 Å². The van der Waals surface area contributed by atoms with Gasteiger partial charge in [-0.05, 0) is 30.9 Å². The molecule has 2 aromatic rings. The van der Waals surface area contributed by atoms with E-state index < -0.39 is 0 Å². The van der Waals surface area contributed by atoms with Crippen LogP contribution in [0.5, 0.6) is 0 Å². The van der Waals surface area contributed by atoms with E-state index in [9.17, 15) is 4.79 Å². The zero-order valence-corrected chi connectivity index (χ0v) is 11.9. The molecule has 0 heterocycles. The van der Waals surface area contributed by atoms with Gasteiger partial charge < -0.3 is 5.32 Å². The Morgan fingerprint density at radius 3 is 2.37 bits per heavy atom. The average Bonchev–Trinajstić information content (AvgIpc) is 2.48. The fourth-order valence-electron chi connectivity index (χ4n) is 1.93. The number of hydrogen-bond donors (Lipinski definition) is 1. The maximum Gasteiger partial charge on any atom is 0.252 e. The number of benzene rings is 2. The number of rotatable bonds is 4. The lowest BCUT2D eigenvalue weighted by atomic mass is 10.1. The molecule has 0 aliphatic heterocycles. The summed E-state index contributed by atoms with van der Waals surface area (Å²) in [6, 6.07) is 17.6. The molecule has 0 saturated heterocycles. The molecule has 0 aliphatic rings. The molecule has 0 bridgehead atoms. The van der Waals surface area contributed by atoms with Gasteiger partial charge in [0.2, 0.25) is 0 Å². The summed E-state index contributed by atoms with van der Waals surface area (Å²) in [6.45, 7) is 1.99. The number of nitrogens with one attached hydrogen (secondary N) is 1. The van der Waals surface area contributed by atoms with Crippen molar-refractivity contribution in [3.05, 3.63) is 65.7 Å². The topological polar surface area (TPSA) is 29.1 Å². The van der Waals surface area contributed by atoms with Gasteiger partial charge in [0.1, 0.15) is 0 Å². The lowest BCUT2D eigenvalue weighted by Gasteiger charge is -2.15. The first-order chi connectivity index (χ1) is 9.22.